The Bertz CT molecular complexity index is 1300. The fourth-order valence-electron chi connectivity index (χ4n) is 3.30. The Balaban J connectivity index is 1.52. The molecule has 0 N–H and O–H groups in total. The lowest BCUT2D eigenvalue weighted by molar-refractivity contribution is 0.0694. The van der Waals surface area contributed by atoms with Gasteiger partial charge in [0.25, 0.3) is 5.91 Å². The summed E-state index contributed by atoms with van der Waals surface area (Å²) in [6.07, 6.45) is 0. The minimum Gasteiger partial charge on any atom is -0.422 e. The van der Waals surface area contributed by atoms with Crippen molar-refractivity contribution in [2.45, 2.75) is 4.90 Å². The summed E-state index contributed by atoms with van der Waals surface area (Å²) in [7, 11) is -3.78. The highest BCUT2D eigenvalue weighted by atomic mass is 35.5. The van der Waals surface area contributed by atoms with E-state index in [9.17, 15) is 18.0 Å². The number of halogens is 2. The molecule has 0 unspecified atom stereocenters. The van der Waals surface area contributed by atoms with E-state index < -0.39 is 21.6 Å². The lowest BCUT2D eigenvalue weighted by Gasteiger charge is -2.33. The number of carbonyl (C=O) groups excluding carboxylic acids is 1. The highest BCUT2D eigenvalue weighted by molar-refractivity contribution is 7.89. The molecule has 3 aromatic rings. The number of fused-ring (bicyclic) bond motifs is 1. The smallest absolute Gasteiger partial charge is 0.349 e. The van der Waals surface area contributed by atoms with E-state index in [1.807, 2.05) is 0 Å². The first-order valence-electron chi connectivity index (χ1n) is 9.05. The Morgan fingerprint density at radius 3 is 2.33 bits per heavy atom. The summed E-state index contributed by atoms with van der Waals surface area (Å²) >= 11 is 11.8. The van der Waals surface area contributed by atoms with Crippen molar-refractivity contribution in [1.82, 2.24) is 9.21 Å². The van der Waals surface area contributed by atoms with E-state index in [1.54, 1.807) is 24.3 Å². The standard InChI is InChI=1S/C20H16Cl2N2O5S/c21-16-6-5-14(12-17(16)22)30(27,28)24-9-7-23(8-10-24)19(25)15-11-13-3-1-2-4-18(13)29-20(15)26/h1-6,11-12H,7-10H2. The molecule has 0 aliphatic carbocycles. The second kappa shape index (κ2) is 8.03. The maximum Gasteiger partial charge on any atom is 0.349 e. The van der Waals surface area contributed by atoms with Crippen LogP contribution < -0.4 is 5.63 Å². The molecule has 2 aromatic carbocycles. The van der Waals surface area contributed by atoms with Gasteiger partial charge in [-0.2, -0.15) is 4.31 Å². The molecular formula is C20H16Cl2N2O5S. The van der Waals surface area contributed by atoms with Crippen molar-refractivity contribution < 1.29 is 17.6 Å². The van der Waals surface area contributed by atoms with Gasteiger partial charge < -0.3 is 9.32 Å². The topological polar surface area (TPSA) is 87.9 Å². The van der Waals surface area contributed by atoms with Gasteiger partial charge in [0.2, 0.25) is 10.0 Å². The van der Waals surface area contributed by atoms with Gasteiger partial charge in [0.05, 0.1) is 14.9 Å². The summed E-state index contributed by atoms with van der Waals surface area (Å²) in [6.45, 7) is 0.470. The fourth-order valence-corrected chi connectivity index (χ4v) is 5.11. The van der Waals surface area contributed by atoms with E-state index in [0.717, 1.165) is 0 Å². The van der Waals surface area contributed by atoms with Crippen LogP contribution in [0, 0.1) is 0 Å². The van der Waals surface area contributed by atoms with Crippen molar-refractivity contribution in [3.63, 3.8) is 0 Å². The lowest BCUT2D eigenvalue weighted by Crippen LogP contribution is -2.51. The average Bonchev–Trinajstić information content (AvgIpc) is 2.74. The summed E-state index contributed by atoms with van der Waals surface area (Å²) in [5.74, 6) is -0.485. The minimum absolute atomic E-state index is 0.0341. The number of rotatable bonds is 3. The Hall–Kier alpha value is -2.39. The summed E-state index contributed by atoms with van der Waals surface area (Å²) < 4.78 is 32.2. The largest absolute Gasteiger partial charge is 0.422 e. The Morgan fingerprint density at radius 1 is 0.933 bits per heavy atom. The number of carbonyl (C=O) groups is 1. The molecule has 0 atom stereocenters. The Labute approximate surface area is 182 Å². The predicted octanol–water partition coefficient (Wildman–Crippen LogP) is 3.25. The average molecular weight is 467 g/mol. The number of benzene rings is 2. The third kappa shape index (κ3) is 3.83. The number of para-hydroxylation sites is 1. The van der Waals surface area contributed by atoms with E-state index >= 15 is 0 Å². The van der Waals surface area contributed by atoms with Crippen molar-refractivity contribution in [3.8, 4) is 0 Å². The maximum atomic E-state index is 12.9. The Morgan fingerprint density at radius 2 is 1.63 bits per heavy atom. The number of hydrogen-bond acceptors (Lipinski definition) is 5. The van der Waals surface area contributed by atoms with Crippen LogP contribution in [0.2, 0.25) is 10.0 Å². The van der Waals surface area contributed by atoms with Crippen molar-refractivity contribution in [2.24, 2.45) is 0 Å². The molecule has 4 rings (SSSR count). The minimum atomic E-state index is -3.78. The quantitative estimate of drug-likeness (QED) is 0.552. The SMILES string of the molecule is O=C(c1cc2ccccc2oc1=O)N1CCN(S(=O)(=O)c2ccc(Cl)c(Cl)c2)CC1. The third-order valence-corrected chi connectivity index (χ3v) is 7.56. The van der Waals surface area contributed by atoms with Gasteiger partial charge >= 0.3 is 5.63 Å². The maximum absolute atomic E-state index is 12.9. The van der Waals surface area contributed by atoms with Crippen LogP contribution in [0.4, 0.5) is 0 Å². The molecule has 1 saturated heterocycles. The molecule has 0 saturated carbocycles. The van der Waals surface area contributed by atoms with Crippen molar-refractivity contribution in [3.05, 3.63) is 74.6 Å². The van der Waals surface area contributed by atoms with Gasteiger partial charge in [0, 0.05) is 31.6 Å². The zero-order chi connectivity index (χ0) is 21.5. The number of sulfonamides is 1. The monoisotopic (exact) mass is 466 g/mol. The molecule has 10 heteroatoms. The van der Waals surface area contributed by atoms with E-state index in [4.69, 9.17) is 27.6 Å². The van der Waals surface area contributed by atoms with Gasteiger partial charge in [-0.05, 0) is 30.3 Å². The van der Waals surface area contributed by atoms with Crippen LogP contribution in [0.25, 0.3) is 11.0 Å². The van der Waals surface area contributed by atoms with E-state index in [2.05, 4.69) is 0 Å². The summed E-state index contributed by atoms with van der Waals surface area (Å²) in [5, 5.41) is 1.05. The van der Waals surface area contributed by atoms with Gasteiger partial charge in [-0.15, -0.1) is 0 Å². The van der Waals surface area contributed by atoms with Crippen LogP contribution in [0.1, 0.15) is 10.4 Å². The lowest BCUT2D eigenvalue weighted by atomic mass is 10.1. The Kier molecular flexibility index (Phi) is 5.59. The molecule has 0 spiro atoms. The van der Waals surface area contributed by atoms with E-state index in [1.165, 1.54) is 33.5 Å². The van der Waals surface area contributed by atoms with Crippen LogP contribution in [0.3, 0.4) is 0 Å². The molecule has 1 aliphatic rings. The van der Waals surface area contributed by atoms with Crippen LogP contribution in [0.15, 0.2) is 62.6 Å². The van der Waals surface area contributed by atoms with E-state index in [-0.39, 0.29) is 46.7 Å². The summed E-state index contributed by atoms with van der Waals surface area (Å²) in [6, 6.07) is 12.5. The summed E-state index contributed by atoms with van der Waals surface area (Å²) in [5.41, 5.74) is -0.393. The second-order valence-corrected chi connectivity index (χ2v) is 9.51. The molecule has 1 aromatic heterocycles. The fraction of sp³-hybridized carbons (Fsp3) is 0.200. The van der Waals surface area contributed by atoms with Crippen molar-refractivity contribution >= 4 is 50.1 Å². The molecule has 0 radical (unpaired) electrons. The molecule has 7 nitrogen and oxygen atoms in total. The number of piperazine rings is 1. The van der Waals surface area contributed by atoms with Crippen LogP contribution in [0.5, 0.6) is 0 Å². The van der Waals surface area contributed by atoms with Crippen LogP contribution in [-0.4, -0.2) is 49.7 Å². The first-order chi connectivity index (χ1) is 14.3. The van der Waals surface area contributed by atoms with Crippen molar-refractivity contribution in [1.29, 1.82) is 0 Å². The number of amides is 1. The summed E-state index contributed by atoms with van der Waals surface area (Å²) in [4.78, 5) is 26.6. The van der Waals surface area contributed by atoms with Crippen molar-refractivity contribution in [2.75, 3.05) is 26.2 Å². The molecule has 156 valence electrons. The molecule has 1 aliphatic heterocycles. The molecule has 1 amide bonds. The zero-order valence-corrected chi connectivity index (χ0v) is 17.9. The van der Waals surface area contributed by atoms with Gasteiger partial charge in [0.1, 0.15) is 11.1 Å². The van der Waals surface area contributed by atoms with Gasteiger partial charge in [-0.1, -0.05) is 41.4 Å². The third-order valence-electron chi connectivity index (χ3n) is 4.93. The van der Waals surface area contributed by atoms with Gasteiger partial charge in [0.15, 0.2) is 0 Å². The van der Waals surface area contributed by atoms with E-state index in [0.29, 0.717) is 11.0 Å². The first-order valence-corrected chi connectivity index (χ1v) is 11.2. The second-order valence-electron chi connectivity index (χ2n) is 6.76. The normalized spacial score (nSPS) is 15.5. The van der Waals surface area contributed by atoms with Crippen LogP contribution in [-0.2, 0) is 10.0 Å². The number of hydrogen-bond donors (Lipinski definition) is 0. The highest BCUT2D eigenvalue weighted by Gasteiger charge is 2.31. The first kappa shape index (κ1) is 20.9. The molecule has 1 fully saturated rings. The zero-order valence-electron chi connectivity index (χ0n) is 15.5. The molecule has 30 heavy (non-hydrogen) atoms. The molecule has 2 heterocycles. The predicted molar refractivity (Wildman–Crippen MR) is 114 cm³/mol. The highest BCUT2D eigenvalue weighted by Crippen LogP contribution is 2.27. The van der Waals surface area contributed by atoms with Gasteiger partial charge in [-0.3, -0.25) is 4.79 Å². The molecular weight excluding hydrogens is 451 g/mol. The number of nitrogens with zero attached hydrogens (tertiary/aromatic N) is 2. The van der Waals surface area contributed by atoms with Gasteiger partial charge in [-0.25, -0.2) is 13.2 Å². The molecule has 0 bridgehead atoms. The van der Waals surface area contributed by atoms with Crippen LogP contribution >= 0.6 is 23.2 Å².